The van der Waals surface area contributed by atoms with E-state index in [1.165, 1.54) is 0 Å². The Labute approximate surface area is 142 Å². The van der Waals surface area contributed by atoms with E-state index < -0.39 is 29.7 Å². The van der Waals surface area contributed by atoms with Crippen molar-refractivity contribution < 1.29 is 12.8 Å². The first-order valence-electron chi connectivity index (χ1n) is 8.20. The first-order valence-corrected chi connectivity index (χ1v) is 12.5. The molecule has 1 aliphatic heterocycles. The summed E-state index contributed by atoms with van der Waals surface area (Å²) >= 11 is 0. The maximum Gasteiger partial charge on any atom is 0.184 e. The van der Waals surface area contributed by atoms with Gasteiger partial charge in [0.1, 0.15) is 0 Å². The molecule has 1 saturated heterocycles. The van der Waals surface area contributed by atoms with E-state index in [4.69, 9.17) is 4.43 Å². The molecule has 4 nitrogen and oxygen atoms in total. The smallest absolute Gasteiger partial charge is 0.184 e. The second-order valence-corrected chi connectivity index (χ2v) is 12.3. The third kappa shape index (κ3) is 3.40. The molecule has 1 heterocycles. The fourth-order valence-electron chi connectivity index (χ4n) is 3.16. The molecule has 0 radical (unpaired) electrons. The van der Waals surface area contributed by atoms with E-state index in [0.717, 1.165) is 0 Å². The molecule has 1 aliphatic rings. The predicted octanol–water partition coefficient (Wildman–Crippen LogP) is 2.61. The monoisotopic (exact) mass is 355 g/mol. The zero-order chi connectivity index (χ0) is 17.5. The van der Waals surface area contributed by atoms with E-state index in [1.807, 2.05) is 6.07 Å². The van der Waals surface area contributed by atoms with Gasteiger partial charge in [0, 0.05) is 6.54 Å². The van der Waals surface area contributed by atoms with Gasteiger partial charge in [-0.3, -0.25) is 0 Å². The van der Waals surface area contributed by atoms with Gasteiger partial charge in [0.2, 0.25) is 0 Å². The molecule has 0 bridgehead atoms. The van der Waals surface area contributed by atoms with Crippen LogP contribution in [0.1, 0.15) is 27.7 Å². The second kappa shape index (κ2) is 6.31. The predicted molar refractivity (Wildman–Crippen MR) is 97.0 cm³/mol. The van der Waals surface area contributed by atoms with Gasteiger partial charge in [0.15, 0.2) is 18.9 Å². The van der Waals surface area contributed by atoms with Crippen molar-refractivity contribution in [2.45, 2.75) is 62.6 Å². The molecule has 2 rings (SSSR count). The largest absolute Gasteiger partial charge is 0.413 e. The molecule has 130 valence electrons. The topological polar surface area (TPSA) is 55.4 Å². The summed E-state index contributed by atoms with van der Waals surface area (Å²) in [6.45, 7) is 13.2. The van der Waals surface area contributed by atoms with Crippen molar-refractivity contribution in [3.8, 4) is 0 Å². The molecule has 1 aromatic rings. The normalized spacial score (nSPS) is 25.0. The summed E-state index contributed by atoms with van der Waals surface area (Å²) in [7, 11) is -4.68. The SMILES string of the molecule is C[SiH](C)O[C@](C)([C@H]1NC[C@H]1S(=O)(=O)c1ccccc1)C(C)(C)C. The maximum absolute atomic E-state index is 13.0. The van der Waals surface area contributed by atoms with Crippen LogP contribution in [0.4, 0.5) is 0 Å². The lowest BCUT2D eigenvalue weighted by Crippen LogP contribution is -2.73. The van der Waals surface area contributed by atoms with Crippen molar-refractivity contribution in [2.75, 3.05) is 6.54 Å². The van der Waals surface area contributed by atoms with Crippen molar-refractivity contribution in [2.24, 2.45) is 5.41 Å². The van der Waals surface area contributed by atoms with Crippen LogP contribution in [-0.4, -0.2) is 40.9 Å². The van der Waals surface area contributed by atoms with Crippen LogP contribution >= 0.6 is 0 Å². The molecule has 3 atom stereocenters. The van der Waals surface area contributed by atoms with Crippen LogP contribution in [0, 0.1) is 5.41 Å². The zero-order valence-electron chi connectivity index (χ0n) is 15.0. The number of nitrogens with one attached hydrogen (secondary N) is 1. The zero-order valence-corrected chi connectivity index (χ0v) is 16.9. The summed E-state index contributed by atoms with van der Waals surface area (Å²) in [5, 5.41) is 2.90. The Hall–Kier alpha value is -0.693. The van der Waals surface area contributed by atoms with E-state index in [2.05, 4.69) is 46.1 Å². The summed E-state index contributed by atoms with van der Waals surface area (Å²) < 4.78 is 32.4. The first kappa shape index (κ1) is 18.6. The fourth-order valence-corrected chi connectivity index (χ4v) is 6.56. The van der Waals surface area contributed by atoms with E-state index in [1.54, 1.807) is 24.3 Å². The first-order chi connectivity index (χ1) is 10.5. The Balaban J connectivity index is 2.37. The van der Waals surface area contributed by atoms with Gasteiger partial charge in [0.25, 0.3) is 0 Å². The quantitative estimate of drug-likeness (QED) is 0.825. The Kier molecular flexibility index (Phi) is 5.12. The van der Waals surface area contributed by atoms with Crippen LogP contribution in [0.2, 0.25) is 13.1 Å². The van der Waals surface area contributed by atoms with Gasteiger partial charge in [-0.1, -0.05) is 39.0 Å². The number of sulfone groups is 1. The van der Waals surface area contributed by atoms with E-state index in [-0.39, 0.29) is 11.5 Å². The minimum absolute atomic E-state index is 0.160. The standard InChI is InChI=1S/C17H29NO3SSi/c1-16(2,3)17(4,21-23(5)6)15-14(12-18-15)22(19,20)13-10-8-7-9-11-13/h7-11,14-15,18,23H,12H2,1-6H3/t14-,15+,17-/m1/s1. The van der Waals surface area contributed by atoms with Crippen molar-refractivity contribution in [1.82, 2.24) is 5.32 Å². The number of rotatable bonds is 5. The van der Waals surface area contributed by atoms with E-state index in [9.17, 15) is 8.42 Å². The van der Waals surface area contributed by atoms with Gasteiger partial charge in [-0.15, -0.1) is 0 Å². The van der Waals surface area contributed by atoms with Crippen molar-refractivity contribution >= 4 is 18.9 Å². The van der Waals surface area contributed by atoms with Gasteiger partial charge in [-0.2, -0.15) is 0 Å². The van der Waals surface area contributed by atoms with E-state index >= 15 is 0 Å². The van der Waals surface area contributed by atoms with Crippen molar-refractivity contribution in [1.29, 1.82) is 0 Å². The average Bonchev–Trinajstić information content (AvgIpc) is 2.35. The fraction of sp³-hybridized carbons (Fsp3) is 0.647. The van der Waals surface area contributed by atoms with Crippen LogP contribution in [0.3, 0.4) is 0 Å². The van der Waals surface area contributed by atoms with Crippen LogP contribution < -0.4 is 5.32 Å². The lowest BCUT2D eigenvalue weighted by molar-refractivity contribution is -0.0663. The van der Waals surface area contributed by atoms with Gasteiger partial charge < -0.3 is 9.74 Å². The highest BCUT2D eigenvalue weighted by atomic mass is 32.2. The van der Waals surface area contributed by atoms with Crippen molar-refractivity contribution in [3.63, 3.8) is 0 Å². The van der Waals surface area contributed by atoms with E-state index in [0.29, 0.717) is 11.4 Å². The third-order valence-electron chi connectivity index (χ3n) is 4.94. The lowest BCUT2D eigenvalue weighted by atomic mass is 9.70. The molecule has 1 N–H and O–H groups in total. The Morgan fingerprint density at radius 3 is 2.09 bits per heavy atom. The highest BCUT2D eigenvalue weighted by Gasteiger charge is 2.56. The third-order valence-corrected chi connectivity index (χ3v) is 8.07. The molecular formula is C17H29NO3SSi. The summed E-state index contributed by atoms with van der Waals surface area (Å²) in [5.74, 6) is 0. The molecule has 6 heteroatoms. The van der Waals surface area contributed by atoms with Crippen molar-refractivity contribution in [3.05, 3.63) is 30.3 Å². The van der Waals surface area contributed by atoms with Crippen LogP contribution in [0.25, 0.3) is 0 Å². The summed E-state index contributed by atoms with van der Waals surface area (Å²) in [5.41, 5.74) is -0.676. The molecule has 1 fully saturated rings. The van der Waals surface area contributed by atoms with Crippen LogP contribution in [0.5, 0.6) is 0 Å². The number of hydrogen-bond acceptors (Lipinski definition) is 4. The van der Waals surface area contributed by atoms with Crippen LogP contribution in [-0.2, 0) is 14.3 Å². The molecule has 1 aromatic carbocycles. The Bertz CT molecular complexity index is 640. The number of benzene rings is 1. The Morgan fingerprint density at radius 1 is 1.13 bits per heavy atom. The lowest BCUT2D eigenvalue weighted by Gasteiger charge is -2.55. The highest BCUT2D eigenvalue weighted by Crippen LogP contribution is 2.42. The molecule has 0 unspecified atom stereocenters. The highest BCUT2D eigenvalue weighted by molar-refractivity contribution is 7.92. The molecular weight excluding hydrogens is 326 g/mol. The van der Waals surface area contributed by atoms with Crippen LogP contribution in [0.15, 0.2) is 35.2 Å². The molecule has 0 saturated carbocycles. The number of hydrogen-bond donors (Lipinski definition) is 1. The maximum atomic E-state index is 13.0. The van der Waals surface area contributed by atoms with Gasteiger partial charge in [-0.25, -0.2) is 8.42 Å². The average molecular weight is 356 g/mol. The molecule has 0 spiro atoms. The van der Waals surface area contributed by atoms with Gasteiger partial charge in [-0.05, 0) is 37.6 Å². The second-order valence-electron chi connectivity index (χ2n) is 7.81. The molecule has 0 amide bonds. The van der Waals surface area contributed by atoms with Gasteiger partial charge in [0.05, 0.1) is 21.8 Å². The minimum atomic E-state index is -3.36. The molecule has 0 aliphatic carbocycles. The summed E-state index contributed by atoms with van der Waals surface area (Å²) in [4.78, 5) is 0.398. The van der Waals surface area contributed by atoms with Gasteiger partial charge >= 0.3 is 0 Å². The summed E-state index contributed by atoms with van der Waals surface area (Å²) in [6.07, 6.45) is 0. The minimum Gasteiger partial charge on any atom is -0.413 e. The Morgan fingerprint density at radius 2 is 1.70 bits per heavy atom. The summed E-state index contributed by atoms with van der Waals surface area (Å²) in [6, 6.07) is 8.54. The molecule has 23 heavy (non-hydrogen) atoms. The molecule has 0 aromatic heterocycles.